The van der Waals surface area contributed by atoms with E-state index in [4.69, 9.17) is 0 Å². The molecule has 1 saturated carbocycles. The summed E-state index contributed by atoms with van der Waals surface area (Å²) in [4.78, 5) is 25.1. The van der Waals surface area contributed by atoms with Crippen LogP contribution >= 0.6 is 12.4 Å². The number of benzene rings is 2. The van der Waals surface area contributed by atoms with E-state index in [-0.39, 0.29) is 49.1 Å². The van der Waals surface area contributed by atoms with Gasteiger partial charge in [-0.15, -0.1) is 12.4 Å². The first-order valence-corrected chi connectivity index (χ1v) is 15.8. The van der Waals surface area contributed by atoms with E-state index in [1.807, 2.05) is 40.3 Å². The van der Waals surface area contributed by atoms with Crippen molar-refractivity contribution in [1.29, 1.82) is 0 Å². The second kappa shape index (κ2) is 14.1. The minimum absolute atomic E-state index is 0. The van der Waals surface area contributed by atoms with Crippen LogP contribution in [0.2, 0.25) is 0 Å². The summed E-state index contributed by atoms with van der Waals surface area (Å²) in [6, 6.07) is 10.00. The Morgan fingerprint density at radius 3 is 2.15 bits per heavy atom. The number of rotatable bonds is 7. The van der Waals surface area contributed by atoms with Gasteiger partial charge in [-0.2, -0.15) is 26.3 Å². The number of nitrogens with zero attached hydrogens (tertiary/aromatic N) is 4. The molecule has 0 radical (unpaired) electrons. The Morgan fingerprint density at radius 1 is 0.848 bits per heavy atom. The fourth-order valence-electron chi connectivity index (χ4n) is 7.30. The van der Waals surface area contributed by atoms with Gasteiger partial charge in [0.1, 0.15) is 0 Å². The molecule has 3 aromatic rings. The van der Waals surface area contributed by atoms with Gasteiger partial charge in [-0.05, 0) is 54.7 Å². The summed E-state index contributed by atoms with van der Waals surface area (Å²) in [6.07, 6.45) is -2.37. The predicted molar refractivity (Wildman–Crippen MR) is 167 cm³/mol. The van der Waals surface area contributed by atoms with Crippen LogP contribution in [0.15, 0.2) is 48.7 Å². The number of H-pyrrole nitrogens is 1. The summed E-state index contributed by atoms with van der Waals surface area (Å²) in [5.74, 6) is 0.0630. The van der Waals surface area contributed by atoms with Crippen molar-refractivity contribution in [2.75, 3.05) is 52.4 Å². The van der Waals surface area contributed by atoms with Gasteiger partial charge in [0.05, 0.1) is 17.7 Å². The number of halogens is 7. The van der Waals surface area contributed by atoms with Gasteiger partial charge in [0, 0.05) is 81.5 Å². The lowest BCUT2D eigenvalue weighted by Gasteiger charge is -2.43. The number of fused-ring (bicyclic) bond motifs is 1. The molecule has 1 aliphatic carbocycles. The molecule has 2 aliphatic heterocycles. The fraction of sp³-hybridized carbons (Fsp3) is 0.545. The van der Waals surface area contributed by atoms with E-state index >= 15 is 0 Å². The first-order chi connectivity index (χ1) is 21.4. The third kappa shape index (κ3) is 8.00. The van der Waals surface area contributed by atoms with Crippen molar-refractivity contribution in [2.45, 2.75) is 63.1 Å². The molecule has 2 aromatic carbocycles. The van der Waals surface area contributed by atoms with Gasteiger partial charge >= 0.3 is 12.4 Å². The Bertz CT molecular complexity index is 1450. The Balaban J connectivity index is 0.00000417. The van der Waals surface area contributed by atoms with Crippen LogP contribution in [-0.2, 0) is 30.1 Å². The van der Waals surface area contributed by atoms with E-state index in [0.717, 1.165) is 41.7 Å². The van der Waals surface area contributed by atoms with Crippen molar-refractivity contribution < 1.29 is 31.1 Å². The highest BCUT2D eigenvalue weighted by atomic mass is 35.5. The molecule has 1 atom stereocenters. The molecule has 0 bridgehead atoms. The highest BCUT2D eigenvalue weighted by molar-refractivity contribution is 5.85. The molecule has 13 heteroatoms. The monoisotopic (exact) mass is 671 g/mol. The number of nitrogens with one attached hydrogen (secondary N) is 1. The number of aromatic nitrogens is 1. The Kier molecular flexibility index (Phi) is 10.6. The molecule has 252 valence electrons. The summed E-state index contributed by atoms with van der Waals surface area (Å²) in [5.41, 5.74) is -0.690. The van der Waals surface area contributed by atoms with E-state index < -0.39 is 23.5 Å². The number of carbonyl (C=O) groups is 1. The van der Waals surface area contributed by atoms with E-state index in [1.165, 1.54) is 25.7 Å². The van der Waals surface area contributed by atoms with Gasteiger partial charge < -0.3 is 9.88 Å². The van der Waals surface area contributed by atoms with Crippen LogP contribution in [0.25, 0.3) is 10.9 Å². The molecule has 3 heterocycles. The lowest BCUT2D eigenvalue weighted by atomic mass is 9.99. The first-order valence-electron chi connectivity index (χ1n) is 15.8. The molecule has 1 amide bonds. The number of alkyl halides is 6. The van der Waals surface area contributed by atoms with Crippen LogP contribution in [0.3, 0.4) is 0 Å². The van der Waals surface area contributed by atoms with Crippen molar-refractivity contribution in [3.8, 4) is 0 Å². The minimum Gasteiger partial charge on any atom is -0.361 e. The van der Waals surface area contributed by atoms with Crippen LogP contribution in [0.1, 0.15) is 47.9 Å². The molecular weight excluding hydrogens is 632 g/mol. The van der Waals surface area contributed by atoms with Crippen LogP contribution < -0.4 is 0 Å². The molecular formula is C33H40ClF6N5O. The fourth-order valence-corrected chi connectivity index (χ4v) is 7.30. The third-order valence-electron chi connectivity index (χ3n) is 9.72. The minimum atomic E-state index is -4.90. The SMILES string of the molecule is Cl.O=C(CN1CCN(Cc2cc(C(F)(F)F)cc(C(F)(F)F)c2)[C@H](Cc2c[nH]c3ccccc23)C1)N1CCN(C2CCCC2)CC1. The van der Waals surface area contributed by atoms with Gasteiger partial charge in [-0.3, -0.25) is 19.5 Å². The zero-order valence-corrected chi connectivity index (χ0v) is 26.4. The van der Waals surface area contributed by atoms with Crippen LogP contribution in [0.5, 0.6) is 0 Å². The maximum absolute atomic E-state index is 13.6. The van der Waals surface area contributed by atoms with Crippen molar-refractivity contribution in [2.24, 2.45) is 0 Å². The number of hydrogen-bond acceptors (Lipinski definition) is 4. The summed E-state index contributed by atoms with van der Waals surface area (Å²) in [7, 11) is 0. The standard InChI is InChI=1S/C33H39F6N5O.ClH/c34-32(35,36)25-15-23(16-26(18-25)33(37,38)39)20-44-10-9-41(21-28(44)17-24-19-40-30-8-4-3-7-29(24)30)22-31(45)43-13-11-42(12-14-43)27-5-1-2-6-27;/h3-4,7-8,15-16,18-19,27-28,40H,1-2,5-6,9-14,17,20-22H2;1H/t28-;/m1./s1. The van der Waals surface area contributed by atoms with Crippen molar-refractivity contribution in [3.63, 3.8) is 0 Å². The number of hydrogen-bond donors (Lipinski definition) is 1. The number of para-hydroxylation sites is 1. The average Bonchev–Trinajstić information content (AvgIpc) is 3.69. The Labute approximate surface area is 271 Å². The van der Waals surface area contributed by atoms with Gasteiger partial charge in [0.25, 0.3) is 0 Å². The topological polar surface area (TPSA) is 45.8 Å². The van der Waals surface area contributed by atoms with Crippen LogP contribution in [-0.4, -0.2) is 94.9 Å². The number of amides is 1. The largest absolute Gasteiger partial charge is 0.416 e. The maximum atomic E-state index is 13.6. The van der Waals surface area contributed by atoms with Gasteiger partial charge in [0.2, 0.25) is 5.91 Å². The summed E-state index contributed by atoms with van der Waals surface area (Å²) < 4.78 is 81.5. The first kappa shape index (κ1) is 34.5. The second-order valence-corrected chi connectivity index (χ2v) is 12.7. The summed E-state index contributed by atoms with van der Waals surface area (Å²) in [6.45, 7) is 4.70. The van der Waals surface area contributed by atoms with Crippen LogP contribution in [0.4, 0.5) is 26.3 Å². The zero-order chi connectivity index (χ0) is 31.8. The lowest BCUT2D eigenvalue weighted by molar-refractivity contribution is -0.143. The quantitative estimate of drug-likeness (QED) is 0.294. The van der Waals surface area contributed by atoms with Gasteiger partial charge in [-0.1, -0.05) is 31.0 Å². The van der Waals surface area contributed by atoms with Crippen molar-refractivity contribution in [3.05, 3.63) is 70.9 Å². The highest BCUT2D eigenvalue weighted by Crippen LogP contribution is 2.37. The molecule has 3 fully saturated rings. The zero-order valence-electron chi connectivity index (χ0n) is 25.5. The molecule has 6 rings (SSSR count). The molecule has 0 spiro atoms. The lowest BCUT2D eigenvalue weighted by Crippen LogP contribution is -2.57. The predicted octanol–water partition coefficient (Wildman–Crippen LogP) is 6.44. The average molecular weight is 672 g/mol. The third-order valence-corrected chi connectivity index (χ3v) is 9.72. The molecule has 2 saturated heterocycles. The summed E-state index contributed by atoms with van der Waals surface area (Å²) in [5, 5.41) is 1.02. The van der Waals surface area contributed by atoms with E-state index in [2.05, 4.69) is 14.8 Å². The van der Waals surface area contributed by atoms with E-state index in [1.54, 1.807) is 0 Å². The second-order valence-electron chi connectivity index (χ2n) is 12.7. The number of carbonyl (C=O) groups excluding carboxylic acids is 1. The maximum Gasteiger partial charge on any atom is 0.416 e. The normalized spacial score (nSPS) is 21.2. The smallest absolute Gasteiger partial charge is 0.361 e. The Hall–Kier alpha value is -2.80. The molecule has 46 heavy (non-hydrogen) atoms. The molecule has 1 N–H and O–H groups in total. The van der Waals surface area contributed by atoms with Crippen molar-refractivity contribution >= 4 is 29.2 Å². The Morgan fingerprint density at radius 2 is 1.50 bits per heavy atom. The van der Waals surface area contributed by atoms with E-state index in [9.17, 15) is 31.1 Å². The van der Waals surface area contributed by atoms with Crippen molar-refractivity contribution in [1.82, 2.24) is 24.6 Å². The number of aromatic amines is 1. The van der Waals surface area contributed by atoms with Gasteiger partial charge in [-0.25, -0.2) is 0 Å². The molecule has 6 nitrogen and oxygen atoms in total. The van der Waals surface area contributed by atoms with E-state index in [0.29, 0.717) is 45.2 Å². The highest BCUT2D eigenvalue weighted by Gasteiger charge is 2.38. The van der Waals surface area contributed by atoms with Crippen LogP contribution in [0, 0.1) is 0 Å². The molecule has 0 unspecified atom stereocenters. The van der Waals surface area contributed by atoms with Gasteiger partial charge in [0.15, 0.2) is 0 Å². The summed E-state index contributed by atoms with van der Waals surface area (Å²) >= 11 is 0. The molecule has 3 aliphatic rings. The number of piperazine rings is 2. The molecule has 1 aromatic heterocycles.